The summed E-state index contributed by atoms with van der Waals surface area (Å²) in [7, 11) is -2.97. The lowest BCUT2D eigenvalue weighted by atomic mass is 10.2. The van der Waals surface area contributed by atoms with Gasteiger partial charge in [-0.15, -0.1) is 0 Å². The van der Waals surface area contributed by atoms with E-state index in [1.54, 1.807) is 0 Å². The SMILES string of the molecule is COCC(C)NS(=O)(=O)c1ccc(Cl)cc1C(F)(F)F. The van der Waals surface area contributed by atoms with Gasteiger partial charge in [-0.05, 0) is 25.1 Å². The van der Waals surface area contributed by atoms with Crippen LogP contribution in [-0.2, 0) is 20.9 Å². The van der Waals surface area contributed by atoms with Gasteiger partial charge in [0.15, 0.2) is 0 Å². The van der Waals surface area contributed by atoms with E-state index in [4.69, 9.17) is 16.3 Å². The molecule has 0 aliphatic heterocycles. The first-order valence-electron chi connectivity index (χ1n) is 5.46. The van der Waals surface area contributed by atoms with Crippen LogP contribution in [0.3, 0.4) is 0 Å². The topological polar surface area (TPSA) is 55.4 Å². The second kappa shape index (κ2) is 6.30. The van der Waals surface area contributed by atoms with Crippen molar-refractivity contribution >= 4 is 21.6 Å². The summed E-state index contributed by atoms with van der Waals surface area (Å²) in [6, 6.07) is 1.83. The summed E-state index contributed by atoms with van der Waals surface area (Å²) in [6.45, 7) is 1.51. The highest BCUT2D eigenvalue weighted by Gasteiger charge is 2.37. The fourth-order valence-electron chi connectivity index (χ4n) is 1.57. The molecule has 0 heterocycles. The van der Waals surface area contributed by atoms with Crippen molar-refractivity contribution in [1.82, 2.24) is 4.72 Å². The van der Waals surface area contributed by atoms with Crippen molar-refractivity contribution in [2.75, 3.05) is 13.7 Å². The number of sulfonamides is 1. The maximum Gasteiger partial charge on any atom is 0.417 e. The minimum absolute atomic E-state index is 0.0359. The number of methoxy groups -OCH3 is 1. The predicted octanol–water partition coefficient (Wildman–Crippen LogP) is 2.67. The van der Waals surface area contributed by atoms with E-state index >= 15 is 0 Å². The average Bonchev–Trinajstić information content (AvgIpc) is 2.26. The zero-order chi connectivity index (χ0) is 15.6. The van der Waals surface area contributed by atoms with Gasteiger partial charge in [0.1, 0.15) is 0 Å². The second-order valence-electron chi connectivity index (χ2n) is 4.12. The van der Waals surface area contributed by atoms with Crippen LogP contribution in [0.15, 0.2) is 23.1 Å². The number of halogens is 4. The number of hydrogen-bond acceptors (Lipinski definition) is 3. The Morgan fingerprint density at radius 2 is 2.00 bits per heavy atom. The molecule has 1 rings (SSSR count). The lowest BCUT2D eigenvalue weighted by molar-refractivity contribution is -0.139. The monoisotopic (exact) mass is 331 g/mol. The molecule has 0 saturated heterocycles. The quantitative estimate of drug-likeness (QED) is 0.902. The fourth-order valence-corrected chi connectivity index (χ4v) is 3.18. The molecular formula is C11H13ClF3NO3S. The number of benzene rings is 1. The van der Waals surface area contributed by atoms with E-state index in [2.05, 4.69) is 4.72 Å². The number of ether oxygens (including phenoxy) is 1. The molecule has 4 nitrogen and oxygen atoms in total. The Hall–Kier alpha value is -0.830. The molecule has 1 unspecified atom stereocenters. The smallest absolute Gasteiger partial charge is 0.383 e. The Balaban J connectivity index is 3.25. The molecule has 0 saturated carbocycles. The van der Waals surface area contributed by atoms with Gasteiger partial charge < -0.3 is 4.74 Å². The second-order valence-corrected chi connectivity index (χ2v) is 6.23. The van der Waals surface area contributed by atoms with E-state index in [0.29, 0.717) is 6.07 Å². The third kappa shape index (κ3) is 4.34. The molecule has 9 heteroatoms. The van der Waals surface area contributed by atoms with E-state index in [1.165, 1.54) is 14.0 Å². The van der Waals surface area contributed by atoms with Crippen LogP contribution < -0.4 is 4.72 Å². The van der Waals surface area contributed by atoms with Gasteiger partial charge >= 0.3 is 6.18 Å². The van der Waals surface area contributed by atoms with Gasteiger partial charge in [0, 0.05) is 18.2 Å². The number of nitrogens with one attached hydrogen (secondary N) is 1. The third-order valence-electron chi connectivity index (χ3n) is 2.31. The lowest BCUT2D eigenvalue weighted by Crippen LogP contribution is -2.36. The molecule has 1 atom stereocenters. The first-order chi connectivity index (χ1) is 9.08. The number of hydrogen-bond donors (Lipinski definition) is 1. The van der Waals surface area contributed by atoms with Gasteiger partial charge in [0.05, 0.1) is 17.1 Å². The molecule has 1 aromatic rings. The van der Waals surface area contributed by atoms with Crippen molar-refractivity contribution < 1.29 is 26.3 Å². The molecule has 0 radical (unpaired) electrons. The molecule has 0 aliphatic rings. The zero-order valence-corrected chi connectivity index (χ0v) is 12.2. The first-order valence-corrected chi connectivity index (χ1v) is 7.32. The summed E-state index contributed by atoms with van der Waals surface area (Å²) < 4.78 is 69.4. The van der Waals surface area contributed by atoms with Gasteiger partial charge in [0.2, 0.25) is 10.0 Å². The minimum Gasteiger partial charge on any atom is -0.383 e. The maximum atomic E-state index is 12.9. The molecular weight excluding hydrogens is 319 g/mol. The highest BCUT2D eigenvalue weighted by molar-refractivity contribution is 7.89. The summed E-state index contributed by atoms with van der Waals surface area (Å²) in [5, 5.41) is -0.193. The Bertz CT molecular complexity index is 575. The zero-order valence-electron chi connectivity index (χ0n) is 10.7. The molecule has 20 heavy (non-hydrogen) atoms. The van der Waals surface area contributed by atoms with Crippen LogP contribution in [0.5, 0.6) is 0 Å². The van der Waals surface area contributed by atoms with Gasteiger partial charge in [0.25, 0.3) is 0 Å². The van der Waals surface area contributed by atoms with Crippen molar-refractivity contribution in [1.29, 1.82) is 0 Å². The van der Waals surface area contributed by atoms with Crippen molar-refractivity contribution in [3.05, 3.63) is 28.8 Å². The highest BCUT2D eigenvalue weighted by Crippen LogP contribution is 2.35. The minimum atomic E-state index is -4.82. The largest absolute Gasteiger partial charge is 0.417 e. The molecule has 0 amide bonds. The van der Waals surface area contributed by atoms with Crippen LogP contribution in [0.25, 0.3) is 0 Å². The standard InChI is InChI=1S/C11H13ClF3NO3S/c1-7(6-19-2)16-20(17,18)10-4-3-8(12)5-9(10)11(13,14)15/h3-5,7,16H,6H2,1-2H3. The van der Waals surface area contributed by atoms with Crippen LogP contribution in [0.4, 0.5) is 13.2 Å². The van der Waals surface area contributed by atoms with Crippen LogP contribution in [0.1, 0.15) is 12.5 Å². The average molecular weight is 332 g/mol. The van der Waals surface area contributed by atoms with E-state index in [0.717, 1.165) is 12.1 Å². The summed E-state index contributed by atoms with van der Waals surface area (Å²) >= 11 is 5.49. The van der Waals surface area contributed by atoms with E-state index in [1.807, 2.05) is 0 Å². The third-order valence-corrected chi connectivity index (χ3v) is 4.19. The molecule has 1 aromatic carbocycles. The predicted molar refractivity (Wildman–Crippen MR) is 68.1 cm³/mol. The Kier molecular flexibility index (Phi) is 5.42. The maximum absolute atomic E-state index is 12.9. The Labute approximate surface area is 119 Å². The van der Waals surface area contributed by atoms with Gasteiger partial charge in [-0.25, -0.2) is 13.1 Å². The summed E-state index contributed by atoms with van der Waals surface area (Å²) in [6.07, 6.45) is -4.82. The van der Waals surface area contributed by atoms with Crippen LogP contribution in [0, 0.1) is 0 Å². The number of alkyl halides is 3. The molecule has 0 aromatic heterocycles. The normalized spacial score (nSPS) is 14.3. The molecule has 0 aliphatic carbocycles. The highest BCUT2D eigenvalue weighted by atomic mass is 35.5. The van der Waals surface area contributed by atoms with E-state index < -0.39 is 32.7 Å². The van der Waals surface area contributed by atoms with Gasteiger partial charge in [-0.2, -0.15) is 13.2 Å². The van der Waals surface area contributed by atoms with Gasteiger partial charge in [-0.3, -0.25) is 0 Å². The molecule has 0 fully saturated rings. The van der Waals surface area contributed by atoms with Gasteiger partial charge in [-0.1, -0.05) is 11.6 Å². The first kappa shape index (κ1) is 17.2. The van der Waals surface area contributed by atoms with Crippen molar-refractivity contribution in [3.8, 4) is 0 Å². The Morgan fingerprint density at radius 1 is 1.40 bits per heavy atom. The van der Waals surface area contributed by atoms with E-state index in [9.17, 15) is 21.6 Å². The summed E-state index contributed by atoms with van der Waals surface area (Å²) in [5.41, 5.74) is -1.30. The fraction of sp³-hybridized carbons (Fsp3) is 0.455. The molecule has 114 valence electrons. The molecule has 1 N–H and O–H groups in total. The lowest BCUT2D eigenvalue weighted by Gasteiger charge is -2.17. The summed E-state index contributed by atoms with van der Waals surface area (Å²) in [4.78, 5) is -0.864. The molecule has 0 spiro atoms. The van der Waals surface area contributed by atoms with Crippen molar-refractivity contribution in [3.63, 3.8) is 0 Å². The Morgan fingerprint density at radius 3 is 2.50 bits per heavy atom. The van der Waals surface area contributed by atoms with Crippen LogP contribution in [-0.4, -0.2) is 28.2 Å². The number of rotatable bonds is 5. The van der Waals surface area contributed by atoms with Crippen LogP contribution >= 0.6 is 11.6 Å². The molecule has 0 bridgehead atoms. The summed E-state index contributed by atoms with van der Waals surface area (Å²) in [5.74, 6) is 0. The van der Waals surface area contributed by atoms with E-state index in [-0.39, 0.29) is 11.6 Å². The van der Waals surface area contributed by atoms with Crippen LogP contribution in [0.2, 0.25) is 5.02 Å². The van der Waals surface area contributed by atoms with Crippen molar-refractivity contribution in [2.45, 2.75) is 24.0 Å². The van der Waals surface area contributed by atoms with Crippen molar-refractivity contribution in [2.24, 2.45) is 0 Å².